The second-order valence-electron chi connectivity index (χ2n) is 9.75. The second-order valence-corrected chi connectivity index (χ2v) is 12.3. The Labute approximate surface area is 233 Å². The van der Waals surface area contributed by atoms with Crippen LogP contribution in [-0.4, -0.2) is 27.0 Å². The minimum absolute atomic E-state index is 0.0331. The third-order valence-electron chi connectivity index (χ3n) is 6.20. The molecule has 1 aliphatic rings. The Bertz CT molecular complexity index is 1520. The van der Waals surface area contributed by atoms with Crippen molar-refractivity contribution in [3.05, 3.63) is 106 Å². The lowest BCUT2D eigenvalue weighted by Crippen LogP contribution is -2.31. The van der Waals surface area contributed by atoms with Crippen LogP contribution in [-0.2, 0) is 16.0 Å². The first-order valence-electron chi connectivity index (χ1n) is 11.8. The predicted octanol–water partition coefficient (Wildman–Crippen LogP) is 7.16. The quantitative estimate of drug-likeness (QED) is 0.144. The van der Waals surface area contributed by atoms with Gasteiger partial charge in [0.2, 0.25) is 10.9 Å². The topological polar surface area (TPSA) is 96.5 Å². The van der Waals surface area contributed by atoms with Crippen LogP contribution in [0.15, 0.2) is 87.0 Å². The Kier molecular flexibility index (Phi) is 7.17. The van der Waals surface area contributed by atoms with Gasteiger partial charge < -0.3 is 9.52 Å². The van der Waals surface area contributed by atoms with Crippen molar-refractivity contribution in [2.75, 3.05) is 4.90 Å². The van der Waals surface area contributed by atoms with Crippen molar-refractivity contribution >= 4 is 51.5 Å². The van der Waals surface area contributed by atoms with Crippen LogP contribution in [0.5, 0.6) is 0 Å². The number of furan rings is 1. The largest absolute Gasteiger partial charge is 0.503 e. The maximum atomic E-state index is 13.4. The third-order valence-corrected chi connectivity index (χ3v) is 8.67. The van der Waals surface area contributed by atoms with Crippen molar-refractivity contribution in [2.45, 2.75) is 42.3 Å². The number of carbonyl (C=O) groups excluding carboxylic acids is 2. The molecule has 4 aromatic rings. The number of amides is 1. The smallest absolute Gasteiger partial charge is 0.296 e. The number of aromatic nitrogens is 2. The Morgan fingerprint density at radius 1 is 1.11 bits per heavy atom. The molecule has 1 amide bonds. The molecule has 1 N–H and O–H groups in total. The molecule has 0 spiro atoms. The third kappa shape index (κ3) is 5.01. The SMILES string of the molecule is CC(C)(C)c1ccc(C2C(C(=O)c3ccco3)=C(O)C(=O)N2c2nnc(SCc3ccccc3Cl)s2)cc1. The van der Waals surface area contributed by atoms with Crippen molar-refractivity contribution in [1.82, 2.24) is 10.2 Å². The van der Waals surface area contributed by atoms with Gasteiger partial charge in [-0.1, -0.05) is 97.9 Å². The number of Topliss-reactive ketones (excluding diaryl/α,β-unsaturated/α-hetero) is 1. The number of thioether (sulfide) groups is 1. The summed E-state index contributed by atoms with van der Waals surface area (Å²) in [5.41, 5.74) is 2.57. The molecule has 0 radical (unpaired) electrons. The lowest BCUT2D eigenvalue weighted by atomic mass is 9.85. The molecule has 0 fully saturated rings. The minimum atomic E-state index is -0.900. The summed E-state index contributed by atoms with van der Waals surface area (Å²) in [7, 11) is 0. The van der Waals surface area contributed by atoms with Crippen molar-refractivity contribution in [1.29, 1.82) is 0 Å². The Hall–Kier alpha value is -3.40. The summed E-state index contributed by atoms with van der Waals surface area (Å²) in [6.45, 7) is 6.32. The number of ketones is 1. The number of halogens is 1. The van der Waals surface area contributed by atoms with Crippen LogP contribution in [0.2, 0.25) is 5.02 Å². The van der Waals surface area contributed by atoms with Gasteiger partial charge in [-0.15, -0.1) is 10.2 Å². The van der Waals surface area contributed by atoms with Crippen LogP contribution in [0, 0.1) is 0 Å². The molecule has 0 saturated heterocycles. The summed E-state index contributed by atoms with van der Waals surface area (Å²) in [5, 5.41) is 20.4. The van der Waals surface area contributed by atoms with Gasteiger partial charge in [0.05, 0.1) is 17.9 Å². The van der Waals surface area contributed by atoms with Crippen LogP contribution in [0.3, 0.4) is 0 Å². The highest BCUT2D eigenvalue weighted by Crippen LogP contribution is 2.44. The summed E-state index contributed by atoms with van der Waals surface area (Å²) >= 11 is 8.93. The highest BCUT2D eigenvalue weighted by molar-refractivity contribution is 8.00. The van der Waals surface area contributed by atoms with E-state index in [0.29, 0.717) is 20.7 Å². The molecule has 194 valence electrons. The van der Waals surface area contributed by atoms with E-state index in [0.717, 1.165) is 11.1 Å². The van der Waals surface area contributed by atoms with Crippen LogP contribution in [0.25, 0.3) is 0 Å². The molecule has 0 saturated carbocycles. The lowest BCUT2D eigenvalue weighted by molar-refractivity contribution is -0.117. The van der Waals surface area contributed by atoms with Crippen molar-refractivity contribution in [2.24, 2.45) is 0 Å². The molecule has 38 heavy (non-hydrogen) atoms. The zero-order chi connectivity index (χ0) is 27.0. The molecule has 2 aromatic heterocycles. The minimum Gasteiger partial charge on any atom is -0.503 e. The molecular formula is C28H24ClN3O4S2. The van der Waals surface area contributed by atoms with Crippen LogP contribution >= 0.6 is 34.7 Å². The fourth-order valence-electron chi connectivity index (χ4n) is 4.17. The summed E-state index contributed by atoms with van der Waals surface area (Å²) in [6.07, 6.45) is 1.37. The Balaban J connectivity index is 1.51. The maximum absolute atomic E-state index is 13.4. The molecule has 1 aliphatic heterocycles. The van der Waals surface area contributed by atoms with Gasteiger partial charge in [-0.25, -0.2) is 0 Å². The molecule has 5 rings (SSSR count). The predicted molar refractivity (Wildman–Crippen MR) is 149 cm³/mol. The van der Waals surface area contributed by atoms with Gasteiger partial charge in [-0.2, -0.15) is 0 Å². The van der Waals surface area contributed by atoms with Crippen LogP contribution < -0.4 is 4.90 Å². The maximum Gasteiger partial charge on any atom is 0.296 e. The van der Waals surface area contributed by atoms with E-state index < -0.39 is 23.5 Å². The van der Waals surface area contributed by atoms with E-state index >= 15 is 0 Å². The number of nitrogens with zero attached hydrogens (tertiary/aromatic N) is 3. The van der Waals surface area contributed by atoms with Gasteiger partial charge in [0.25, 0.3) is 5.91 Å². The fraction of sp³-hybridized carbons (Fsp3) is 0.214. The number of benzene rings is 2. The molecule has 3 heterocycles. The molecule has 7 nitrogen and oxygen atoms in total. The average Bonchev–Trinajstić information content (AvgIpc) is 3.64. The zero-order valence-electron chi connectivity index (χ0n) is 20.8. The van der Waals surface area contributed by atoms with Crippen molar-refractivity contribution < 1.29 is 19.1 Å². The van der Waals surface area contributed by atoms with Crippen LogP contribution in [0.4, 0.5) is 5.13 Å². The molecular weight excluding hydrogens is 542 g/mol. The summed E-state index contributed by atoms with van der Waals surface area (Å²) < 4.78 is 5.93. The number of hydrogen-bond donors (Lipinski definition) is 1. The number of carbonyl (C=O) groups is 2. The Morgan fingerprint density at radius 3 is 2.50 bits per heavy atom. The normalized spacial score (nSPS) is 15.9. The first-order valence-corrected chi connectivity index (χ1v) is 14.0. The van der Waals surface area contributed by atoms with Gasteiger partial charge in [0, 0.05) is 10.8 Å². The summed E-state index contributed by atoms with van der Waals surface area (Å²) in [6, 6.07) is 17.4. The number of rotatable bonds is 7. The van der Waals surface area contributed by atoms with Gasteiger partial charge in [-0.3, -0.25) is 14.5 Å². The first kappa shape index (κ1) is 26.2. The number of anilines is 1. The van der Waals surface area contributed by atoms with Crippen molar-refractivity contribution in [3.8, 4) is 0 Å². The molecule has 0 aliphatic carbocycles. The number of aliphatic hydroxyl groups excluding tert-OH is 1. The highest BCUT2D eigenvalue weighted by atomic mass is 35.5. The lowest BCUT2D eigenvalue weighted by Gasteiger charge is -2.25. The van der Waals surface area contributed by atoms with Gasteiger partial charge in [0.15, 0.2) is 15.9 Å². The van der Waals surface area contributed by atoms with Gasteiger partial charge in [0.1, 0.15) is 0 Å². The van der Waals surface area contributed by atoms with E-state index in [4.69, 9.17) is 16.0 Å². The highest BCUT2D eigenvalue weighted by Gasteiger charge is 2.46. The van der Waals surface area contributed by atoms with Crippen molar-refractivity contribution in [3.63, 3.8) is 0 Å². The molecule has 2 aromatic carbocycles. The van der Waals surface area contributed by atoms with E-state index in [2.05, 4.69) is 31.0 Å². The summed E-state index contributed by atoms with van der Waals surface area (Å²) in [4.78, 5) is 28.1. The summed E-state index contributed by atoms with van der Waals surface area (Å²) in [5.74, 6) is -1.30. The van der Waals surface area contributed by atoms with Crippen LogP contribution in [0.1, 0.15) is 54.1 Å². The van der Waals surface area contributed by atoms with E-state index in [-0.39, 0.29) is 21.9 Å². The standard InChI is InChI=1S/C28H24ClN3O4S2/c1-28(2,3)18-12-10-16(11-13-18)22-21(23(33)20-9-6-14-36-20)24(34)25(35)32(22)26-30-31-27(38-26)37-15-17-7-4-5-8-19(17)29/h4-14,22,34H,15H2,1-3H3. The Morgan fingerprint density at radius 2 is 1.84 bits per heavy atom. The molecule has 1 unspecified atom stereocenters. The first-order chi connectivity index (χ1) is 18.1. The van der Waals surface area contributed by atoms with E-state index in [1.807, 2.05) is 48.5 Å². The average molecular weight is 566 g/mol. The fourth-order valence-corrected chi connectivity index (χ4v) is 6.32. The number of aliphatic hydroxyl groups is 1. The monoisotopic (exact) mass is 565 g/mol. The zero-order valence-corrected chi connectivity index (χ0v) is 23.2. The van der Waals surface area contributed by atoms with Gasteiger partial charge >= 0.3 is 0 Å². The van der Waals surface area contributed by atoms with E-state index in [1.54, 1.807) is 6.07 Å². The molecule has 1 atom stereocenters. The van der Waals surface area contributed by atoms with E-state index in [1.165, 1.54) is 40.3 Å². The van der Waals surface area contributed by atoms with Gasteiger partial charge in [-0.05, 0) is 40.3 Å². The second kappa shape index (κ2) is 10.4. The number of hydrogen-bond acceptors (Lipinski definition) is 8. The molecule has 0 bridgehead atoms. The van der Waals surface area contributed by atoms with E-state index in [9.17, 15) is 14.7 Å². The molecule has 10 heteroatoms.